The van der Waals surface area contributed by atoms with E-state index in [1.165, 1.54) is 4.88 Å². The Bertz CT molecular complexity index is 1550. The van der Waals surface area contributed by atoms with E-state index in [-0.39, 0.29) is 23.2 Å². The summed E-state index contributed by atoms with van der Waals surface area (Å²) >= 11 is 1.67. The van der Waals surface area contributed by atoms with E-state index < -0.39 is 5.97 Å². The number of Topliss-reactive ketones (excluding diaryl/α,β-unsaturated/α-hetero) is 1. The lowest BCUT2D eigenvalue weighted by molar-refractivity contribution is -0.116. The maximum Gasteiger partial charge on any atom is 0.337 e. The Hall–Kier alpha value is -4.17. The number of hydrogen-bond donors (Lipinski definition) is 2. The SMILES string of the molecule is COc1ccc([C@@H]2C3=C(C[C@@H](c4cccs4)CC3=O)Nc3c2c(C)nn3-c2ccccc2C(=O)O)cc1. The van der Waals surface area contributed by atoms with Gasteiger partial charge in [0.15, 0.2) is 5.78 Å². The van der Waals surface area contributed by atoms with E-state index in [4.69, 9.17) is 9.84 Å². The number of fused-ring (bicyclic) bond motifs is 1. The number of carboxylic acids is 1. The van der Waals surface area contributed by atoms with Gasteiger partial charge in [0.1, 0.15) is 11.6 Å². The summed E-state index contributed by atoms with van der Waals surface area (Å²) in [6.45, 7) is 1.91. The topological polar surface area (TPSA) is 93.5 Å². The number of aromatic carboxylic acids is 1. The van der Waals surface area contributed by atoms with Gasteiger partial charge in [-0.25, -0.2) is 9.48 Å². The van der Waals surface area contributed by atoms with E-state index in [0.29, 0.717) is 24.3 Å². The predicted molar refractivity (Wildman–Crippen MR) is 142 cm³/mol. The number of carbonyl (C=O) groups is 2. The number of benzene rings is 2. The molecule has 2 N–H and O–H groups in total. The van der Waals surface area contributed by atoms with Crippen molar-refractivity contribution in [3.05, 3.63) is 105 Å². The zero-order valence-corrected chi connectivity index (χ0v) is 21.2. The number of anilines is 1. The molecular formula is C29H25N3O4S. The second kappa shape index (κ2) is 9.05. The number of para-hydroxylation sites is 1. The number of aromatic nitrogens is 2. The molecule has 37 heavy (non-hydrogen) atoms. The van der Waals surface area contributed by atoms with Crippen molar-refractivity contribution in [3.8, 4) is 11.4 Å². The number of aryl methyl sites for hydroxylation is 1. The molecular weight excluding hydrogens is 486 g/mol. The normalized spacial score (nSPS) is 18.7. The van der Waals surface area contributed by atoms with E-state index >= 15 is 0 Å². The van der Waals surface area contributed by atoms with Crippen LogP contribution < -0.4 is 10.1 Å². The number of rotatable bonds is 5. The van der Waals surface area contributed by atoms with Crippen molar-refractivity contribution >= 4 is 28.9 Å². The van der Waals surface area contributed by atoms with Crippen molar-refractivity contribution in [2.45, 2.75) is 31.6 Å². The van der Waals surface area contributed by atoms with Crippen LogP contribution in [0.15, 0.2) is 77.3 Å². The van der Waals surface area contributed by atoms with Gasteiger partial charge in [-0.15, -0.1) is 11.3 Å². The highest BCUT2D eigenvalue weighted by atomic mass is 32.1. The Morgan fingerprint density at radius 1 is 1.11 bits per heavy atom. The van der Waals surface area contributed by atoms with Gasteiger partial charge < -0.3 is 15.2 Å². The molecule has 2 atom stereocenters. The molecule has 3 heterocycles. The van der Waals surface area contributed by atoms with Gasteiger partial charge in [0, 0.05) is 40.0 Å². The summed E-state index contributed by atoms with van der Waals surface area (Å²) in [6, 6.07) is 18.7. The highest BCUT2D eigenvalue weighted by Gasteiger charge is 2.41. The zero-order chi connectivity index (χ0) is 25.7. The minimum atomic E-state index is -1.02. The molecule has 1 aliphatic carbocycles. The van der Waals surface area contributed by atoms with Crippen LogP contribution in [0, 0.1) is 6.92 Å². The van der Waals surface area contributed by atoms with Crippen molar-refractivity contribution in [1.82, 2.24) is 9.78 Å². The van der Waals surface area contributed by atoms with Crippen LogP contribution >= 0.6 is 11.3 Å². The summed E-state index contributed by atoms with van der Waals surface area (Å²) in [7, 11) is 1.63. The number of methoxy groups -OCH3 is 1. The third kappa shape index (κ3) is 3.84. The Labute approximate surface area is 218 Å². The number of ketones is 1. The molecule has 0 radical (unpaired) electrons. The number of nitrogens with zero attached hydrogens (tertiary/aromatic N) is 2. The van der Waals surface area contributed by atoms with Crippen molar-refractivity contribution in [2.75, 3.05) is 12.4 Å². The molecule has 2 aromatic heterocycles. The summed E-state index contributed by atoms with van der Waals surface area (Å²) in [5.41, 5.74) is 4.85. The lowest BCUT2D eigenvalue weighted by Crippen LogP contribution is -2.30. The van der Waals surface area contributed by atoms with E-state index in [0.717, 1.165) is 33.8 Å². The van der Waals surface area contributed by atoms with Gasteiger partial charge in [-0.05, 0) is 54.6 Å². The third-order valence-corrected chi connectivity index (χ3v) is 8.25. The molecule has 2 aromatic carbocycles. The smallest absolute Gasteiger partial charge is 0.337 e. The fourth-order valence-electron chi connectivity index (χ4n) is 5.54. The molecule has 2 aliphatic rings. The second-order valence-electron chi connectivity index (χ2n) is 9.35. The van der Waals surface area contributed by atoms with Crippen molar-refractivity contribution in [3.63, 3.8) is 0 Å². The predicted octanol–water partition coefficient (Wildman–Crippen LogP) is 5.91. The Balaban J connectivity index is 1.55. The van der Waals surface area contributed by atoms with E-state index in [1.807, 2.05) is 42.6 Å². The van der Waals surface area contributed by atoms with Crippen LogP contribution in [0.3, 0.4) is 0 Å². The lowest BCUT2D eigenvalue weighted by atomic mass is 9.73. The highest BCUT2D eigenvalue weighted by molar-refractivity contribution is 7.10. The molecule has 4 aromatic rings. The zero-order valence-electron chi connectivity index (χ0n) is 20.4. The van der Waals surface area contributed by atoms with Crippen LogP contribution in [0.2, 0.25) is 0 Å². The van der Waals surface area contributed by atoms with Gasteiger partial charge in [-0.3, -0.25) is 4.79 Å². The fourth-order valence-corrected chi connectivity index (χ4v) is 6.38. The molecule has 0 saturated heterocycles. The summed E-state index contributed by atoms with van der Waals surface area (Å²) in [6.07, 6.45) is 1.15. The number of carbonyl (C=O) groups excluding carboxylic acids is 1. The lowest BCUT2D eigenvalue weighted by Gasteiger charge is -2.35. The van der Waals surface area contributed by atoms with Gasteiger partial charge in [0.25, 0.3) is 0 Å². The van der Waals surface area contributed by atoms with Crippen LogP contribution in [-0.4, -0.2) is 33.7 Å². The first-order valence-electron chi connectivity index (χ1n) is 12.1. The maximum atomic E-state index is 13.8. The van der Waals surface area contributed by atoms with Crippen molar-refractivity contribution in [1.29, 1.82) is 0 Å². The van der Waals surface area contributed by atoms with E-state index in [9.17, 15) is 14.7 Å². The van der Waals surface area contributed by atoms with Gasteiger partial charge in [-0.1, -0.05) is 30.3 Å². The van der Waals surface area contributed by atoms with Crippen molar-refractivity contribution < 1.29 is 19.4 Å². The molecule has 0 unspecified atom stereocenters. The summed E-state index contributed by atoms with van der Waals surface area (Å²) < 4.78 is 7.04. The highest BCUT2D eigenvalue weighted by Crippen LogP contribution is 2.50. The first-order chi connectivity index (χ1) is 18.0. The summed E-state index contributed by atoms with van der Waals surface area (Å²) in [5, 5.41) is 20.2. The van der Waals surface area contributed by atoms with E-state index in [2.05, 4.69) is 11.4 Å². The molecule has 6 rings (SSSR count). The maximum absolute atomic E-state index is 13.8. The van der Waals surface area contributed by atoms with Gasteiger partial charge in [0.05, 0.1) is 24.1 Å². The minimum Gasteiger partial charge on any atom is -0.497 e. The van der Waals surface area contributed by atoms with Gasteiger partial charge in [0.2, 0.25) is 0 Å². The standard InChI is InChI=1S/C29H25N3O4S/c1-16-25-26(17-9-11-19(36-2)12-10-17)27-21(14-18(15-23(27)33)24-8-5-13-37-24)30-28(25)32(31-16)22-7-4-3-6-20(22)29(34)35/h3-13,18,26,30H,14-15H2,1-2H3,(H,34,35)/t18-,26+/m1/s1. The molecule has 186 valence electrons. The van der Waals surface area contributed by atoms with Crippen LogP contribution in [0.5, 0.6) is 5.75 Å². The first kappa shape index (κ1) is 23.2. The number of allylic oxidation sites excluding steroid dienone is 2. The van der Waals surface area contributed by atoms with Crippen molar-refractivity contribution in [2.24, 2.45) is 0 Å². The quantitative estimate of drug-likeness (QED) is 0.346. The molecule has 0 bridgehead atoms. The molecule has 0 spiro atoms. The van der Waals surface area contributed by atoms with Gasteiger partial charge >= 0.3 is 5.97 Å². The Morgan fingerprint density at radius 3 is 2.59 bits per heavy atom. The second-order valence-corrected chi connectivity index (χ2v) is 10.3. The van der Waals surface area contributed by atoms with Crippen LogP contribution in [0.1, 0.15) is 56.7 Å². The minimum absolute atomic E-state index is 0.0978. The molecule has 0 fully saturated rings. The van der Waals surface area contributed by atoms with Crippen LogP contribution in [0.25, 0.3) is 5.69 Å². The number of thiophene rings is 1. The van der Waals surface area contributed by atoms with Crippen LogP contribution in [-0.2, 0) is 4.79 Å². The van der Waals surface area contributed by atoms with Crippen LogP contribution in [0.4, 0.5) is 5.82 Å². The molecule has 0 saturated carbocycles. The molecule has 1 aliphatic heterocycles. The third-order valence-electron chi connectivity index (χ3n) is 7.22. The summed E-state index contributed by atoms with van der Waals surface area (Å²) in [4.78, 5) is 27.0. The molecule has 7 nitrogen and oxygen atoms in total. The summed E-state index contributed by atoms with van der Waals surface area (Å²) in [5.74, 6) is 0.315. The fraction of sp³-hybridized carbons (Fsp3) is 0.207. The Morgan fingerprint density at radius 2 is 1.89 bits per heavy atom. The number of hydrogen-bond acceptors (Lipinski definition) is 6. The number of nitrogens with one attached hydrogen (secondary N) is 1. The number of carboxylic acid groups (broad SMARTS) is 1. The van der Waals surface area contributed by atoms with E-state index in [1.54, 1.807) is 47.4 Å². The monoisotopic (exact) mass is 511 g/mol. The average molecular weight is 512 g/mol. The molecule has 8 heteroatoms. The van der Waals surface area contributed by atoms with Gasteiger partial charge in [-0.2, -0.15) is 5.10 Å². The molecule has 0 amide bonds. The number of ether oxygens (including phenoxy) is 1. The Kier molecular flexibility index (Phi) is 5.68. The first-order valence-corrected chi connectivity index (χ1v) is 13.0. The largest absolute Gasteiger partial charge is 0.497 e. The average Bonchev–Trinajstić information content (AvgIpc) is 3.56.